The fourth-order valence-electron chi connectivity index (χ4n) is 4.43. The molecule has 2 amide bonds. The van der Waals surface area contributed by atoms with E-state index in [1.165, 1.54) is 11.3 Å². The number of likely N-dealkylation sites (N-methyl/N-ethyl adjacent to an activating group) is 1. The lowest BCUT2D eigenvalue weighted by Gasteiger charge is -2.32. The highest BCUT2D eigenvalue weighted by Crippen LogP contribution is 2.36. The summed E-state index contributed by atoms with van der Waals surface area (Å²) < 4.78 is 17.7. The number of amides is 2. The van der Waals surface area contributed by atoms with Crippen molar-refractivity contribution in [3.8, 4) is 17.2 Å². The van der Waals surface area contributed by atoms with E-state index >= 15 is 0 Å². The van der Waals surface area contributed by atoms with E-state index in [4.69, 9.17) is 19.9 Å². The van der Waals surface area contributed by atoms with E-state index in [1.807, 2.05) is 18.0 Å². The number of hydrogen-bond donors (Lipinski definition) is 2. The Kier molecular flexibility index (Phi) is 8.04. The number of piperazine rings is 1. The summed E-state index contributed by atoms with van der Waals surface area (Å²) in [5.41, 5.74) is 8.31. The van der Waals surface area contributed by atoms with Gasteiger partial charge in [-0.15, -0.1) is 0 Å². The van der Waals surface area contributed by atoms with E-state index in [1.54, 1.807) is 68.8 Å². The molecule has 1 aliphatic rings. The molecule has 208 valence electrons. The van der Waals surface area contributed by atoms with Gasteiger partial charge in [0.2, 0.25) is 6.10 Å². The molecule has 0 bridgehead atoms. The molecule has 3 N–H and O–H groups in total. The van der Waals surface area contributed by atoms with Crippen molar-refractivity contribution < 1.29 is 23.8 Å². The van der Waals surface area contributed by atoms with E-state index in [0.29, 0.717) is 57.8 Å². The van der Waals surface area contributed by atoms with Crippen LogP contribution in [0.2, 0.25) is 0 Å². The zero-order chi connectivity index (χ0) is 28.2. The molecule has 11 heteroatoms. The number of methoxy groups -OCH3 is 2. The lowest BCUT2D eigenvalue weighted by atomic mass is 10.1. The van der Waals surface area contributed by atoms with Crippen LogP contribution in [0.5, 0.6) is 17.2 Å². The van der Waals surface area contributed by atoms with E-state index in [2.05, 4.69) is 15.2 Å². The van der Waals surface area contributed by atoms with Crippen LogP contribution in [-0.4, -0.2) is 74.0 Å². The monoisotopic (exact) mass is 561 g/mol. The minimum atomic E-state index is -0.990. The van der Waals surface area contributed by atoms with Gasteiger partial charge in [0.15, 0.2) is 16.6 Å². The molecule has 1 atom stereocenters. The maximum absolute atomic E-state index is 13.5. The minimum Gasteiger partial charge on any atom is -0.493 e. The van der Waals surface area contributed by atoms with Gasteiger partial charge in [-0.2, -0.15) is 0 Å². The summed E-state index contributed by atoms with van der Waals surface area (Å²) in [5, 5.41) is 3.29. The Morgan fingerprint density at radius 3 is 2.25 bits per heavy atom. The van der Waals surface area contributed by atoms with Crippen LogP contribution in [0.1, 0.15) is 22.0 Å². The average molecular weight is 562 g/mol. The SMILES string of the molecule is COc1cc2nc(NC(=O)C(Oc3ccc(C(=O)N4CCN(C)CC4)cc3)c3ccc(N)cc3)sc2cc1OC. The number of aromatic nitrogens is 1. The first-order valence-electron chi connectivity index (χ1n) is 12.8. The quantitative estimate of drug-likeness (QED) is 0.310. The van der Waals surface area contributed by atoms with Crippen molar-refractivity contribution in [1.82, 2.24) is 14.8 Å². The average Bonchev–Trinajstić information content (AvgIpc) is 3.36. The zero-order valence-electron chi connectivity index (χ0n) is 22.5. The highest BCUT2D eigenvalue weighted by Gasteiger charge is 2.25. The molecular formula is C29H31N5O5S. The van der Waals surface area contributed by atoms with Crippen molar-refractivity contribution in [2.24, 2.45) is 0 Å². The van der Waals surface area contributed by atoms with Crippen LogP contribution in [0.25, 0.3) is 10.2 Å². The summed E-state index contributed by atoms with van der Waals surface area (Å²) in [6.07, 6.45) is -0.990. The third kappa shape index (κ3) is 5.95. The smallest absolute Gasteiger partial charge is 0.271 e. The summed E-state index contributed by atoms with van der Waals surface area (Å²) >= 11 is 1.32. The van der Waals surface area contributed by atoms with E-state index < -0.39 is 12.0 Å². The van der Waals surface area contributed by atoms with E-state index in [0.717, 1.165) is 17.8 Å². The molecule has 0 spiro atoms. The van der Waals surface area contributed by atoms with Gasteiger partial charge in [0.05, 0.1) is 24.4 Å². The van der Waals surface area contributed by atoms with Crippen LogP contribution >= 0.6 is 11.3 Å². The van der Waals surface area contributed by atoms with Gasteiger partial charge in [-0.25, -0.2) is 4.98 Å². The van der Waals surface area contributed by atoms with Crippen LogP contribution in [-0.2, 0) is 4.79 Å². The fraction of sp³-hybridized carbons (Fsp3) is 0.276. The van der Waals surface area contributed by atoms with Gasteiger partial charge in [-0.1, -0.05) is 23.5 Å². The van der Waals surface area contributed by atoms with Crippen molar-refractivity contribution in [2.45, 2.75) is 6.10 Å². The predicted molar refractivity (Wildman–Crippen MR) is 155 cm³/mol. The first-order chi connectivity index (χ1) is 19.3. The van der Waals surface area contributed by atoms with Crippen LogP contribution < -0.4 is 25.3 Å². The number of carbonyl (C=O) groups is 2. The number of nitrogen functional groups attached to an aromatic ring is 1. The molecule has 3 aromatic carbocycles. The number of carbonyl (C=O) groups excluding carboxylic acids is 2. The number of benzene rings is 3. The standard InChI is InChI=1S/C29H31N5O5S/c1-33-12-14-34(15-13-33)28(36)19-6-10-21(11-7-19)39-26(18-4-8-20(30)9-5-18)27(35)32-29-31-22-16-23(37-2)24(38-3)17-25(22)40-29/h4-11,16-17,26H,12-15,30H2,1-3H3,(H,31,32,35). The van der Waals surface area contributed by atoms with Crippen molar-refractivity contribution in [2.75, 3.05) is 58.5 Å². The minimum absolute atomic E-state index is 0.0171. The number of fused-ring (bicyclic) bond motifs is 1. The van der Waals surface area contributed by atoms with Gasteiger partial charge in [0.25, 0.3) is 11.8 Å². The summed E-state index contributed by atoms with van der Waals surface area (Å²) in [6.45, 7) is 3.08. The Bertz CT molecular complexity index is 1460. The van der Waals surface area contributed by atoms with Gasteiger partial charge in [0, 0.05) is 55.1 Å². The first kappa shape index (κ1) is 27.2. The van der Waals surface area contributed by atoms with Gasteiger partial charge < -0.3 is 29.7 Å². The Morgan fingerprint density at radius 1 is 0.950 bits per heavy atom. The van der Waals surface area contributed by atoms with E-state index in [-0.39, 0.29) is 5.91 Å². The predicted octanol–water partition coefficient (Wildman–Crippen LogP) is 4.04. The van der Waals surface area contributed by atoms with Crippen molar-refractivity contribution >= 4 is 44.2 Å². The van der Waals surface area contributed by atoms with Gasteiger partial charge in [0.1, 0.15) is 5.75 Å². The normalized spacial score (nSPS) is 14.5. The number of nitrogens with one attached hydrogen (secondary N) is 1. The van der Waals surface area contributed by atoms with Gasteiger partial charge in [-0.3, -0.25) is 14.9 Å². The Balaban J connectivity index is 1.35. The molecule has 1 aromatic heterocycles. The second kappa shape index (κ2) is 11.8. The zero-order valence-corrected chi connectivity index (χ0v) is 23.4. The van der Waals surface area contributed by atoms with Crippen molar-refractivity contribution in [3.05, 3.63) is 71.8 Å². The third-order valence-electron chi connectivity index (χ3n) is 6.75. The first-order valence-corrected chi connectivity index (χ1v) is 13.6. The molecule has 1 saturated heterocycles. The molecular weight excluding hydrogens is 530 g/mol. The largest absolute Gasteiger partial charge is 0.493 e. The third-order valence-corrected chi connectivity index (χ3v) is 7.68. The summed E-state index contributed by atoms with van der Waals surface area (Å²) in [4.78, 5) is 35.0. The second-order valence-electron chi connectivity index (χ2n) is 9.47. The fourth-order valence-corrected chi connectivity index (χ4v) is 5.31. The lowest BCUT2D eigenvalue weighted by molar-refractivity contribution is -0.123. The molecule has 5 rings (SSSR count). The number of thiazole rings is 1. The second-order valence-corrected chi connectivity index (χ2v) is 10.5. The number of rotatable bonds is 8. The molecule has 0 radical (unpaired) electrons. The Labute approximate surface area is 236 Å². The molecule has 10 nitrogen and oxygen atoms in total. The number of hydrogen-bond acceptors (Lipinski definition) is 9. The van der Waals surface area contributed by atoms with Gasteiger partial charge >= 0.3 is 0 Å². The Hall–Kier alpha value is -4.35. The maximum atomic E-state index is 13.5. The Morgan fingerprint density at radius 2 is 1.60 bits per heavy atom. The van der Waals surface area contributed by atoms with E-state index in [9.17, 15) is 9.59 Å². The molecule has 1 unspecified atom stereocenters. The number of ether oxygens (including phenoxy) is 3. The van der Waals surface area contributed by atoms with Gasteiger partial charge in [-0.05, 0) is 43.4 Å². The molecule has 1 aliphatic heterocycles. The molecule has 2 heterocycles. The number of nitrogens with two attached hydrogens (primary N) is 1. The van der Waals surface area contributed by atoms with Crippen LogP contribution in [0, 0.1) is 0 Å². The van der Waals surface area contributed by atoms with Crippen LogP contribution in [0.4, 0.5) is 10.8 Å². The highest BCUT2D eigenvalue weighted by atomic mass is 32.1. The summed E-state index contributed by atoms with van der Waals surface area (Å²) in [5.74, 6) is 1.16. The maximum Gasteiger partial charge on any atom is 0.271 e. The molecule has 0 saturated carbocycles. The number of anilines is 2. The highest BCUT2D eigenvalue weighted by molar-refractivity contribution is 7.22. The summed E-state index contributed by atoms with van der Waals surface area (Å²) in [7, 11) is 5.17. The molecule has 40 heavy (non-hydrogen) atoms. The van der Waals surface area contributed by atoms with Crippen LogP contribution in [0.15, 0.2) is 60.7 Å². The molecule has 4 aromatic rings. The van der Waals surface area contributed by atoms with Crippen molar-refractivity contribution in [3.63, 3.8) is 0 Å². The lowest BCUT2D eigenvalue weighted by Crippen LogP contribution is -2.47. The van der Waals surface area contributed by atoms with Crippen LogP contribution in [0.3, 0.4) is 0 Å². The summed E-state index contributed by atoms with van der Waals surface area (Å²) in [6, 6.07) is 17.4. The number of nitrogens with zero attached hydrogens (tertiary/aromatic N) is 3. The van der Waals surface area contributed by atoms with Crippen molar-refractivity contribution in [1.29, 1.82) is 0 Å². The molecule has 1 fully saturated rings. The molecule has 0 aliphatic carbocycles. The topological polar surface area (TPSA) is 119 Å².